The molecule has 3 N–H and O–H groups in total. The van der Waals surface area contributed by atoms with E-state index in [9.17, 15) is 14.4 Å². The highest BCUT2D eigenvalue weighted by Gasteiger charge is 2.25. The molecular formula is C28H29N7O3S. The zero-order valence-corrected chi connectivity index (χ0v) is 22.3. The van der Waals surface area contributed by atoms with E-state index in [-0.39, 0.29) is 11.1 Å². The third-order valence-corrected chi connectivity index (χ3v) is 7.36. The Morgan fingerprint density at radius 2 is 2.00 bits per heavy atom. The minimum atomic E-state index is -0.390. The van der Waals surface area contributed by atoms with Gasteiger partial charge in [-0.05, 0) is 73.0 Å². The molecule has 2 fully saturated rings. The van der Waals surface area contributed by atoms with Crippen LogP contribution in [0.3, 0.4) is 0 Å². The second kappa shape index (κ2) is 12.2. The molecule has 0 bridgehead atoms. The maximum absolute atomic E-state index is 11.8. The molecular weight excluding hydrogens is 514 g/mol. The monoisotopic (exact) mass is 543 g/mol. The SMILES string of the molecule is CC(=O)Nc1cccc(-c2ccc(CNCC3CCN(c4nccc(/C=C5\SC(=O)NC5=O)n4)CC3)cn2)c1. The Bertz CT molecular complexity index is 1400. The van der Waals surface area contributed by atoms with Crippen LogP contribution in [0.5, 0.6) is 0 Å². The summed E-state index contributed by atoms with van der Waals surface area (Å²) in [5.74, 6) is 0.704. The van der Waals surface area contributed by atoms with Gasteiger partial charge >= 0.3 is 0 Å². The van der Waals surface area contributed by atoms with Gasteiger partial charge in [-0.3, -0.25) is 24.7 Å². The van der Waals surface area contributed by atoms with Gasteiger partial charge < -0.3 is 15.5 Å². The summed E-state index contributed by atoms with van der Waals surface area (Å²) in [4.78, 5) is 50.6. The average Bonchev–Trinajstić information content (AvgIpc) is 3.25. The van der Waals surface area contributed by atoms with Crippen molar-refractivity contribution in [1.82, 2.24) is 25.6 Å². The lowest BCUT2D eigenvalue weighted by atomic mass is 9.97. The molecule has 1 aromatic carbocycles. The molecule has 3 aromatic rings. The number of benzene rings is 1. The molecule has 11 heteroatoms. The van der Waals surface area contributed by atoms with Crippen LogP contribution in [-0.2, 0) is 16.1 Å². The van der Waals surface area contributed by atoms with Crippen molar-refractivity contribution >= 4 is 46.5 Å². The number of thioether (sulfide) groups is 1. The van der Waals surface area contributed by atoms with Gasteiger partial charge in [-0.25, -0.2) is 9.97 Å². The number of aromatic nitrogens is 3. The van der Waals surface area contributed by atoms with Gasteiger partial charge in [-0.2, -0.15) is 0 Å². The van der Waals surface area contributed by atoms with Gasteiger partial charge in [0.2, 0.25) is 11.9 Å². The molecule has 39 heavy (non-hydrogen) atoms. The van der Waals surface area contributed by atoms with Crippen LogP contribution in [0.4, 0.5) is 16.4 Å². The molecule has 0 atom stereocenters. The van der Waals surface area contributed by atoms with Gasteiger partial charge in [-0.15, -0.1) is 0 Å². The molecule has 2 aromatic heterocycles. The lowest BCUT2D eigenvalue weighted by Crippen LogP contribution is -2.38. The highest BCUT2D eigenvalue weighted by molar-refractivity contribution is 8.18. The van der Waals surface area contributed by atoms with Crippen LogP contribution in [-0.4, -0.2) is 51.6 Å². The third-order valence-electron chi connectivity index (χ3n) is 6.55. The number of pyridine rings is 1. The van der Waals surface area contributed by atoms with Crippen molar-refractivity contribution in [1.29, 1.82) is 0 Å². The molecule has 3 amide bonds. The maximum Gasteiger partial charge on any atom is 0.290 e. The molecule has 4 heterocycles. The number of piperidine rings is 1. The van der Waals surface area contributed by atoms with Crippen LogP contribution in [0, 0.1) is 5.92 Å². The Labute approximate surface area is 230 Å². The Morgan fingerprint density at radius 3 is 2.72 bits per heavy atom. The van der Waals surface area contributed by atoms with Gasteiger partial charge in [0.25, 0.3) is 11.1 Å². The summed E-state index contributed by atoms with van der Waals surface area (Å²) >= 11 is 0.882. The number of hydrogen-bond donors (Lipinski definition) is 3. The van der Waals surface area contributed by atoms with Crippen molar-refractivity contribution in [2.45, 2.75) is 26.3 Å². The zero-order chi connectivity index (χ0) is 27.2. The maximum atomic E-state index is 11.8. The highest BCUT2D eigenvalue weighted by Crippen LogP contribution is 2.26. The second-order valence-electron chi connectivity index (χ2n) is 9.51. The number of nitrogens with one attached hydrogen (secondary N) is 3. The largest absolute Gasteiger partial charge is 0.341 e. The normalized spacial score (nSPS) is 16.9. The molecule has 0 radical (unpaired) electrons. The van der Waals surface area contributed by atoms with Gasteiger partial charge in [-0.1, -0.05) is 18.2 Å². The summed E-state index contributed by atoms with van der Waals surface area (Å²) in [6, 6.07) is 13.5. The smallest absolute Gasteiger partial charge is 0.290 e. The van der Waals surface area contributed by atoms with E-state index in [0.29, 0.717) is 22.5 Å². The first-order chi connectivity index (χ1) is 18.9. The number of amides is 3. The number of nitrogens with zero attached hydrogens (tertiary/aromatic N) is 4. The molecule has 0 unspecified atom stereocenters. The first kappa shape index (κ1) is 26.5. The van der Waals surface area contributed by atoms with E-state index in [4.69, 9.17) is 0 Å². The molecule has 0 saturated carbocycles. The van der Waals surface area contributed by atoms with E-state index >= 15 is 0 Å². The van der Waals surface area contributed by atoms with Crippen molar-refractivity contribution in [2.24, 2.45) is 5.92 Å². The number of imide groups is 1. The summed E-state index contributed by atoms with van der Waals surface area (Å²) in [7, 11) is 0. The van der Waals surface area contributed by atoms with Crippen LogP contribution in [0.25, 0.3) is 17.3 Å². The predicted octanol–water partition coefficient (Wildman–Crippen LogP) is 3.83. The Hall–Kier alpha value is -4.09. The number of carbonyl (C=O) groups is 3. The van der Waals surface area contributed by atoms with Gasteiger partial charge in [0, 0.05) is 50.2 Å². The lowest BCUT2D eigenvalue weighted by Gasteiger charge is -2.32. The number of anilines is 2. The van der Waals surface area contributed by atoms with Gasteiger partial charge in [0.1, 0.15) is 0 Å². The predicted molar refractivity (Wildman–Crippen MR) is 152 cm³/mol. The van der Waals surface area contributed by atoms with E-state index in [1.807, 2.05) is 36.5 Å². The van der Waals surface area contributed by atoms with E-state index in [1.54, 1.807) is 18.3 Å². The lowest BCUT2D eigenvalue weighted by molar-refractivity contribution is -0.115. The van der Waals surface area contributed by atoms with Crippen molar-refractivity contribution in [3.8, 4) is 11.3 Å². The van der Waals surface area contributed by atoms with E-state index in [1.165, 1.54) is 6.92 Å². The van der Waals surface area contributed by atoms with Crippen LogP contribution in [0.15, 0.2) is 59.8 Å². The number of hydrogen-bond acceptors (Lipinski definition) is 9. The molecule has 5 rings (SSSR count). The fraction of sp³-hybridized carbons (Fsp3) is 0.286. The van der Waals surface area contributed by atoms with Gasteiger partial charge in [0.15, 0.2) is 0 Å². The number of rotatable bonds is 8. The molecule has 2 aliphatic rings. The fourth-order valence-electron chi connectivity index (χ4n) is 4.57. The van der Waals surface area contributed by atoms with Crippen LogP contribution in [0.2, 0.25) is 0 Å². The minimum absolute atomic E-state index is 0.0993. The Kier molecular flexibility index (Phi) is 8.28. The number of carbonyl (C=O) groups excluding carboxylic acids is 3. The summed E-state index contributed by atoms with van der Waals surface area (Å²) in [5.41, 5.74) is 4.29. The van der Waals surface area contributed by atoms with Crippen LogP contribution in [0.1, 0.15) is 31.0 Å². The average molecular weight is 544 g/mol. The molecule has 10 nitrogen and oxygen atoms in total. The topological polar surface area (TPSA) is 129 Å². The first-order valence-corrected chi connectivity index (χ1v) is 13.6. The molecule has 2 saturated heterocycles. The summed E-state index contributed by atoms with van der Waals surface area (Å²) < 4.78 is 0. The van der Waals surface area contributed by atoms with E-state index < -0.39 is 5.91 Å². The molecule has 0 spiro atoms. The summed E-state index contributed by atoms with van der Waals surface area (Å²) in [5, 5.41) is 8.25. The van der Waals surface area contributed by atoms with E-state index in [0.717, 1.165) is 73.3 Å². The standard InChI is InChI=1S/C28H29N7O3S/c1-18(36)32-22-4-2-3-21(13-22)24-6-5-20(17-31-24)16-29-15-19-8-11-35(12-9-19)27-30-10-7-23(33-27)14-25-26(37)34-28(38)39-25/h2-7,10,13-14,17,19,29H,8-9,11-12,15-16H2,1H3,(H,32,36)(H,34,37,38)/b25-14-. The first-order valence-electron chi connectivity index (χ1n) is 12.8. The van der Waals surface area contributed by atoms with E-state index in [2.05, 4.69) is 41.9 Å². The molecule has 0 aliphatic carbocycles. The minimum Gasteiger partial charge on any atom is -0.341 e. The highest BCUT2D eigenvalue weighted by atomic mass is 32.2. The Balaban J connectivity index is 1.08. The van der Waals surface area contributed by atoms with Crippen molar-refractivity contribution in [3.05, 3.63) is 71.0 Å². The van der Waals surface area contributed by atoms with Crippen LogP contribution < -0.4 is 20.9 Å². The van der Waals surface area contributed by atoms with Crippen molar-refractivity contribution < 1.29 is 14.4 Å². The van der Waals surface area contributed by atoms with Gasteiger partial charge in [0.05, 0.1) is 16.3 Å². The Morgan fingerprint density at radius 1 is 1.15 bits per heavy atom. The molecule has 200 valence electrons. The zero-order valence-electron chi connectivity index (χ0n) is 21.5. The quantitative estimate of drug-likeness (QED) is 0.363. The molecule has 2 aliphatic heterocycles. The fourth-order valence-corrected chi connectivity index (χ4v) is 5.23. The summed E-state index contributed by atoms with van der Waals surface area (Å²) in [6.45, 7) is 4.87. The second-order valence-corrected chi connectivity index (χ2v) is 10.5. The summed E-state index contributed by atoms with van der Waals surface area (Å²) in [6.07, 6.45) is 7.24. The van der Waals surface area contributed by atoms with Crippen LogP contribution >= 0.6 is 11.8 Å². The van der Waals surface area contributed by atoms with Crippen molar-refractivity contribution in [3.63, 3.8) is 0 Å². The third kappa shape index (κ3) is 7.06. The van der Waals surface area contributed by atoms with Crippen molar-refractivity contribution in [2.75, 3.05) is 29.9 Å².